The summed E-state index contributed by atoms with van der Waals surface area (Å²) in [5.74, 6) is 0.833. The minimum atomic E-state index is -0.0742. The van der Waals surface area contributed by atoms with Gasteiger partial charge in [0.05, 0.1) is 0 Å². The number of anilines is 1. The molecule has 1 aromatic heterocycles. The van der Waals surface area contributed by atoms with E-state index in [1.54, 1.807) is 0 Å². The van der Waals surface area contributed by atoms with Gasteiger partial charge >= 0.3 is 0 Å². The maximum absolute atomic E-state index is 11.5. The number of hydrogen-bond acceptors (Lipinski definition) is 2. The van der Waals surface area contributed by atoms with Crippen LogP contribution >= 0.6 is 0 Å². The molecule has 1 aliphatic rings. The summed E-state index contributed by atoms with van der Waals surface area (Å²) in [5.41, 5.74) is 8.92. The third-order valence-electron chi connectivity index (χ3n) is 6.41. The van der Waals surface area contributed by atoms with Gasteiger partial charge in [-0.2, -0.15) is 0 Å². The summed E-state index contributed by atoms with van der Waals surface area (Å²) in [7, 11) is 0. The molecule has 2 heterocycles. The zero-order chi connectivity index (χ0) is 24.0. The number of para-hydroxylation sites is 1. The average Bonchev–Trinajstić information content (AvgIpc) is 3.19. The normalized spacial score (nSPS) is 13.6. The van der Waals surface area contributed by atoms with Crippen molar-refractivity contribution >= 4 is 33.6 Å². The molecule has 0 bridgehead atoms. The Hall–Kier alpha value is -3.79. The lowest BCUT2D eigenvalue weighted by molar-refractivity contribution is -0.114. The number of carbonyl (C=O) groups excluding carboxylic acids is 1. The van der Waals surface area contributed by atoms with Crippen LogP contribution in [0.25, 0.3) is 22.0 Å². The van der Waals surface area contributed by atoms with Gasteiger partial charge in [0.2, 0.25) is 5.91 Å². The molecule has 1 N–H and O–H groups in total. The smallest absolute Gasteiger partial charge is 0.221 e. The first-order valence-corrected chi connectivity index (χ1v) is 11.7. The van der Waals surface area contributed by atoms with Crippen LogP contribution in [0.3, 0.4) is 0 Å². The van der Waals surface area contributed by atoms with Crippen molar-refractivity contribution in [1.29, 1.82) is 0 Å². The van der Waals surface area contributed by atoms with Crippen LogP contribution in [0.4, 0.5) is 5.69 Å². The molecule has 34 heavy (non-hydrogen) atoms. The monoisotopic (exact) mass is 450 g/mol. The van der Waals surface area contributed by atoms with Crippen LogP contribution in [0, 0.1) is 6.92 Å². The molecule has 0 saturated carbocycles. The summed E-state index contributed by atoms with van der Waals surface area (Å²) >= 11 is 0. The molecule has 3 aromatic carbocycles. The number of nitrogens with zero attached hydrogens (tertiary/aromatic N) is 1. The number of amides is 1. The summed E-state index contributed by atoms with van der Waals surface area (Å²) in [6.45, 7) is 10.9. The summed E-state index contributed by atoms with van der Waals surface area (Å²) in [6, 6.07) is 22.9. The Morgan fingerprint density at radius 2 is 1.71 bits per heavy atom. The molecule has 0 fully saturated rings. The molecule has 1 aliphatic heterocycles. The van der Waals surface area contributed by atoms with Crippen LogP contribution in [-0.2, 0) is 10.3 Å². The van der Waals surface area contributed by atoms with Crippen LogP contribution in [0.15, 0.2) is 72.9 Å². The van der Waals surface area contributed by atoms with Crippen molar-refractivity contribution in [2.45, 2.75) is 40.2 Å². The predicted octanol–water partition coefficient (Wildman–Crippen LogP) is 7.01. The third kappa shape index (κ3) is 3.79. The minimum Gasteiger partial charge on any atom is -0.488 e. The third-order valence-corrected chi connectivity index (χ3v) is 6.41. The number of carbonyl (C=O) groups is 1. The molecule has 0 aliphatic carbocycles. The fourth-order valence-electron chi connectivity index (χ4n) is 4.88. The standard InChI is InChI=1S/C30H30N2O2/c1-19-9-8-12-27-28(19)29(21-13-15-22(16-14-21)31-20(2)33)25(18-34-27)24-17-32(30(3,4)5)26-11-7-6-10-23(24)26/h6-17H,18H2,1-5H3,(H,31,33). The largest absolute Gasteiger partial charge is 0.488 e. The highest BCUT2D eigenvalue weighted by atomic mass is 16.5. The summed E-state index contributed by atoms with van der Waals surface area (Å²) in [6.07, 6.45) is 2.28. The molecule has 0 saturated heterocycles. The van der Waals surface area contributed by atoms with Crippen molar-refractivity contribution in [3.05, 3.63) is 95.2 Å². The van der Waals surface area contributed by atoms with Gasteiger partial charge in [0.1, 0.15) is 12.4 Å². The van der Waals surface area contributed by atoms with Gasteiger partial charge in [-0.1, -0.05) is 42.5 Å². The Labute approximate surface area is 200 Å². The lowest BCUT2D eigenvalue weighted by Gasteiger charge is -2.26. The van der Waals surface area contributed by atoms with Crippen molar-refractivity contribution in [3.8, 4) is 5.75 Å². The van der Waals surface area contributed by atoms with Gasteiger partial charge in [0.25, 0.3) is 0 Å². The first kappa shape index (κ1) is 22.0. The number of benzene rings is 3. The molecular weight excluding hydrogens is 420 g/mol. The number of aromatic nitrogens is 1. The second-order valence-corrected chi connectivity index (χ2v) is 9.95. The van der Waals surface area contributed by atoms with E-state index >= 15 is 0 Å². The Balaban J connectivity index is 1.80. The summed E-state index contributed by atoms with van der Waals surface area (Å²) in [4.78, 5) is 11.5. The molecule has 1 amide bonds. The first-order valence-electron chi connectivity index (χ1n) is 11.7. The highest BCUT2D eigenvalue weighted by molar-refractivity contribution is 6.07. The predicted molar refractivity (Wildman–Crippen MR) is 140 cm³/mol. The number of ether oxygens (including phenoxy) is 1. The number of rotatable bonds is 3. The van der Waals surface area contributed by atoms with Crippen molar-refractivity contribution in [2.24, 2.45) is 0 Å². The Kier molecular flexibility index (Phi) is 5.32. The van der Waals surface area contributed by atoms with E-state index in [9.17, 15) is 4.79 Å². The number of hydrogen-bond donors (Lipinski definition) is 1. The van der Waals surface area contributed by atoms with E-state index < -0.39 is 0 Å². The van der Waals surface area contributed by atoms with Gasteiger partial charge in [-0.25, -0.2) is 0 Å². The van der Waals surface area contributed by atoms with E-state index in [4.69, 9.17) is 4.74 Å². The molecule has 4 aromatic rings. The highest BCUT2D eigenvalue weighted by Crippen LogP contribution is 2.45. The zero-order valence-electron chi connectivity index (χ0n) is 20.4. The second kappa shape index (κ2) is 8.21. The second-order valence-electron chi connectivity index (χ2n) is 9.95. The zero-order valence-corrected chi connectivity index (χ0v) is 20.4. The van der Waals surface area contributed by atoms with E-state index in [1.165, 1.54) is 40.1 Å². The topological polar surface area (TPSA) is 43.3 Å². The van der Waals surface area contributed by atoms with Gasteiger partial charge < -0.3 is 14.6 Å². The van der Waals surface area contributed by atoms with Crippen LogP contribution in [-0.4, -0.2) is 17.1 Å². The fraction of sp³-hybridized carbons (Fsp3) is 0.233. The molecule has 0 radical (unpaired) electrons. The highest BCUT2D eigenvalue weighted by Gasteiger charge is 2.27. The summed E-state index contributed by atoms with van der Waals surface area (Å²) in [5, 5.41) is 4.09. The molecule has 4 heteroatoms. The van der Waals surface area contributed by atoms with Crippen LogP contribution in [0.5, 0.6) is 5.75 Å². The van der Waals surface area contributed by atoms with E-state index in [-0.39, 0.29) is 11.4 Å². The first-order chi connectivity index (χ1) is 16.2. The summed E-state index contributed by atoms with van der Waals surface area (Å²) < 4.78 is 8.68. The Bertz CT molecular complexity index is 1430. The van der Waals surface area contributed by atoms with Crippen molar-refractivity contribution in [3.63, 3.8) is 0 Å². The lowest BCUT2D eigenvalue weighted by Crippen LogP contribution is -2.20. The van der Waals surface area contributed by atoms with Gasteiger partial charge in [-0.3, -0.25) is 4.79 Å². The number of aryl methyl sites for hydroxylation is 1. The molecule has 0 unspecified atom stereocenters. The fourth-order valence-corrected chi connectivity index (χ4v) is 4.88. The number of fused-ring (bicyclic) bond motifs is 2. The van der Waals surface area contributed by atoms with E-state index in [1.807, 2.05) is 24.3 Å². The van der Waals surface area contributed by atoms with Crippen LogP contribution < -0.4 is 10.1 Å². The minimum absolute atomic E-state index is 0.0536. The molecular formula is C30H30N2O2. The van der Waals surface area contributed by atoms with E-state index in [0.717, 1.165) is 22.6 Å². The van der Waals surface area contributed by atoms with Crippen molar-refractivity contribution < 1.29 is 9.53 Å². The van der Waals surface area contributed by atoms with E-state index in [2.05, 4.69) is 86.2 Å². The maximum atomic E-state index is 11.5. The molecule has 5 rings (SSSR count). The molecule has 0 spiro atoms. The van der Waals surface area contributed by atoms with Crippen LogP contribution in [0.1, 0.15) is 49.9 Å². The van der Waals surface area contributed by atoms with Crippen molar-refractivity contribution in [2.75, 3.05) is 11.9 Å². The van der Waals surface area contributed by atoms with Crippen LogP contribution in [0.2, 0.25) is 0 Å². The average molecular weight is 451 g/mol. The van der Waals surface area contributed by atoms with Gasteiger partial charge in [-0.05, 0) is 63.1 Å². The van der Waals surface area contributed by atoms with Gasteiger partial charge in [-0.15, -0.1) is 0 Å². The quantitative estimate of drug-likeness (QED) is 0.365. The Morgan fingerprint density at radius 1 is 0.971 bits per heavy atom. The SMILES string of the molecule is CC(=O)Nc1ccc(C2=C(c3cn(C(C)(C)C)c4ccccc34)COc3cccc(C)c32)cc1. The molecule has 4 nitrogen and oxygen atoms in total. The van der Waals surface area contributed by atoms with Gasteiger partial charge in [0, 0.05) is 57.5 Å². The van der Waals surface area contributed by atoms with E-state index in [0.29, 0.717) is 6.61 Å². The van der Waals surface area contributed by atoms with Gasteiger partial charge in [0.15, 0.2) is 0 Å². The molecule has 0 atom stereocenters. The Morgan fingerprint density at radius 3 is 2.41 bits per heavy atom. The molecule has 172 valence electrons. The van der Waals surface area contributed by atoms with Crippen molar-refractivity contribution in [1.82, 2.24) is 4.57 Å². The number of nitrogens with one attached hydrogen (secondary N) is 1. The maximum Gasteiger partial charge on any atom is 0.221 e. The lowest BCUT2D eigenvalue weighted by atomic mass is 9.85.